The third-order valence-electron chi connectivity index (χ3n) is 4.25. The van der Waals surface area contributed by atoms with Gasteiger partial charge in [-0.05, 0) is 63.2 Å². The Hall–Kier alpha value is -2.45. The molecule has 0 heterocycles. The second kappa shape index (κ2) is 9.16. The van der Waals surface area contributed by atoms with Crippen molar-refractivity contribution in [2.75, 3.05) is 23.3 Å². The van der Waals surface area contributed by atoms with Crippen LogP contribution in [0.5, 0.6) is 0 Å². The molecule has 0 aliphatic carbocycles. The van der Waals surface area contributed by atoms with Crippen molar-refractivity contribution in [3.05, 3.63) is 53.8 Å². The minimum atomic E-state index is -3.78. The standard InChI is InChI=1S/C20H26FN3O3S/c1-5-22-28(26,27)17-11-12-19(21)18(13-17)20(25)23-15-7-9-16(10-8-15)24(6-2)14(3)4/h7-14,22H,5-6H2,1-4H3,(H,23,25). The predicted molar refractivity (Wildman–Crippen MR) is 110 cm³/mol. The van der Waals surface area contributed by atoms with Gasteiger partial charge in [0.1, 0.15) is 5.82 Å². The number of hydrogen-bond acceptors (Lipinski definition) is 4. The van der Waals surface area contributed by atoms with E-state index in [1.54, 1.807) is 19.1 Å². The summed E-state index contributed by atoms with van der Waals surface area (Å²) in [6, 6.07) is 10.7. The van der Waals surface area contributed by atoms with E-state index in [1.807, 2.05) is 12.1 Å². The molecule has 0 unspecified atom stereocenters. The van der Waals surface area contributed by atoms with Crippen molar-refractivity contribution in [2.45, 2.75) is 38.6 Å². The lowest BCUT2D eigenvalue weighted by molar-refractivity contribution is 0.102. The lowest BCUT2D eigenvalue weighted by atomic mass is 10.2. The molecule has 0 fully saturated rings. The van der Waals surface area contributed by atoms with Crippen LogP contribution in [0.3, 0.4) is 0 Å². The van der Waals surface area contributed by atoms with Crippen molar-refractivity contribution in [3.63, 3.8) is 0 Å². The molecule has 0 radical (unpaired) electrons. The van der Waals surface area contributed by atoms with Gasteiger partial charge in [0.05, 0.1) is 10.5 Å². The third kappa shape index (κ3) is 5.08. The molecule has 1 amide bonds. The molecule has 6 nitrogen and oxygen atoms in total. The van der Waals surface area contributed by atoms with Gasteiger partial charge < -0.3 is 10.2 Å². The van der Waals surface area contributed by atoms with E-state index in [4.69, 9.17) is 0 Å². The van der Waals surface area contributed by atoms with E-state index in [1.165, 1.54) is 0 Å². The minimum Gasteiger partial charge on any atom is -0.369 e. The molecule has 152 valence electrons. The number of halogens is 1. The van der Waals surface area contributed by atoms with Crippen LogP contribution in [-0.2, 0) is 10.0 Å². The maximum absolute atomic E-state index is 14.1. The van der Waals surface area contributed by atoms with Crippen LogP contribution >= 0.6 is 0 Å². The van der Waals surface area contributed by atoms with Crippen molar-refractivity contribution in [1.29, 1.82) is 0 Å². The molecule has 28 heavy (non-hydrogen) atoms. The molecule has 0 saturated heterocycles. The quantitative estimate of drug-likeness (QED) is 0.701. The van der Waals surface area contributed by atoms with Crippen molar-refractivity contribution in [1.82, 2.24) is 4.72 Å². The Morgan fingerprint density at radius 1 is 1.11 bits per heavy atom. The lowest BCUT2D eigenvalue weighted by Crippen LogP contribution is -2.30. The normalized spacial score (nSPS) is 11.5. The minimum absolute atomic E-state index is 0.160. The summed E-state index contributed by atoms with van der Waals surface area (Å²) in [6.07, 6.45) is 0. The van der Waals surface area contributed by atoms with Crippen molar-refractivity contribution in [3.8, 4) is 0 Å². The molecule has 0 atom stereocenters. The SMILES string of the molecule is CCNS(=O)(=O)c1ccc(F)c(C(=O)Nc2ccc(N(CC)C(C)C)cc2)c1. The molecule has 8 heteroatoms. The fraction of sp³-hybridized carbons (Fsp3) is 0.350. The van der Waals surface area contributed by atoms with E-state index in [2.05, 4.69) is 35.7 Å². The molecule has 0 aliphatic rings. The van der Waals surface area contributed by atoms with Crippen LogP contribution in [0.1, 0.15) is 38.1 Å². The Morgan fingerprint density at radius 3 is 2.29 bits per heavy atom. The summed E-state index contributed by atoms with van der Waals surface area (Å²) < 4.78 is 40.6. The number of hydrogen-bond donors (Lipinski definition) is 2. The summed E-state index contributed by atoms with van der Waals surface area (Å²) in [5.41, 5.74) is 1.17. The number of anilines is 2. The second-order valence-electron chi connectivity index (χ2n) is 6.52. The molecular formula is C20H26FN3O3S. The Morgan fingerprint density at radius 2 is 1.75 bits per heavy atom. The highest BCUT2D eigenvalue weighted by atomic mass is 32.2. The molecule has 0 spiro atoms. The summed E-state index contributed by atoms with van der Waals surface area (Å²) in [7, 11) is -3.78. The number of benzene rings is 2. The number of nitrogens with one attached hydrogen (secondary N) is 2. The Bertz CT molecular complexity index is 928. The molecule has 0 bridgehead atoms. The first-order valence-electron chi connectivity index (χ1n) is 9.16. The highest BCUT2D eigenvalue weighted by molar-refractivity contribution is 7.89. The fourth-order valence-corrected chi connectivity index (χ4v) is 3.97. The first-order valence-corrected chi connectivity index (χ1v) is 10.6. The summed E-state index contributed by atoms with van der Waals surface area (Å²) >= 11 is 0. The van der Waals surface area contributed by atoms with Crippen LogP contribution in [-0.4, -0.2) is 33.5 Å². The van der Waals surface area contributed by atoms with Gasteiger partial charge in [0.15, 0.2) is 0 Å². The van der Waals surface area contributed by atoms with E-state index in [-0.39, 0.29) is 17.0 Å². The predicted octanol–water partition coefficient (Wildman–Crippen LogP) is 3.61. The zero-order chi connectivity index (χ0) is 20.9. The van der Waals surface area contributed by atoms with Gasteiger partial charge in [-0.3, -0.25) is 4.79 Å². The monoisotopic (exact) mass is 407 g/mol. The van der Waals surface area contributed by atoms with E-state index in [9.17, 15) is 17.6 Å². The zero-order valence-corrected chi connectivity index (χ0v) is 17.3. The summed E-state index contributed by atoms with van der Waals surface area (Å²) in [5.74, 6) is -1.50. The third-order valence-corrected chi connectivity index (χ3v) is 5.79. The topological polar surface area (TPSA) is 78.5 Å². The number of nitrogens with zero attached hydrogens (tertiary/aromatic N) is 1. The number of rotatable bonds is 8. The van der Waals surface area contributed by atoms with Gasteiger partial charge in [0.25, 0.3) is 5.91 Å². The molecular weight excluding hydrogens is 381 g/mol. The second-order valence-corrected chi connectivity index (χ2v) is 8.29. The maximum atomic E-state index is 14.1. The molecule has 2 aromatic carbocycles. The van der Waals surface area contributed by atoms with Crippen molar-refractivity contribution < 1.29 is 17.6 Å². The smallest absolute Gasteiger partial charge is 0.258 e. The van der Waals surface area contributed by atoms with Crippen LogP contribution in [0.2, 0.25) is 0 Å². The Labute approximate surface area is 165 Å². The van der Waals surface area contributed by atoms with Crippen LogP contribution < -0.4 is 14.9 Å². The average molecular weight is 408 g/mol. The fourth-order valence-electron chi connectivity index (χ4n) is 2.90. The average Bonchev–Trinajstić information content (AvgIpc) is 2.63. The van der Waals surface area contributed by atoms with Crippen molar-refractivity contribution >= 4 is 27.3 Å². The first-order chi connectivity index (χ1) is 13.2. The van der Waals surface area contributed by atoms with Gasteiger partial charge in [0.2, 0.25) is 10.0 Å². The molecule has 0 aliphatic heterocycles. The van der Waals surface area contributed by atoms with E-state index >= 15 is 0 Å². The van der Waals surface area contributed by atoms with Crippen LogP contribution in [0.15, 0.2) is 47.4 Å². The molecule has 0 saturated carbocycles. The molecule has 2 aromatic rings. The van der Waals surface area contributed by atoms with Crippen LogP contribution in [0.25, 0.3) is 0 Å². The summed E-state index contributed by atoms with van der Waals surface area (Å²) in [6.45, 7) is 8.93. The molecule has 0 aromatic heterocycles. The highest BCUT2D eigenvalue weighted by Crippen LogP contribution is 2.21. The van der Waals surface area contributed by atoms with Gasteiger partial charge >= 0.3 is 0 Å². The number of amides is 1. The zero-order valence-electron chi connectivity index (χ0n) is 16.5. The van der Waals surface area contributed by atoms with Crippen molar-refractivity contribution in [2.24, 2.45) is 0 Å². The maximum Gasteiger partial charge on any atom is 0.258 e. The molecule has 2 N–H and O–H groups in total. The highest BCUT2D eigenvalue weighted by Gasteiger charge is 2.19. The van der Waals surface area contributed by atoms with Crippen LogP contribution in [0.4, 0.5) is 15.8 Å². The van der Waals surface area contributed by atoms with E-state index in [0.29, 0.717) is 11.7 Å². The number of carbonyl (C=O) groups excluding carboxylic acids is 1. The van der Waals surface area contributed by atoms with E-state index < -0.39 is 21.7 Å². The Balaban J connectivity index is 2.23. The van der Waals surface area contributed by atoms with E-state index in [0.717, 1.165) is 30.4 Å². The first kappa shape index (κ1) is 21.8. The molecule has 2 rings (SSSR count). The van der Waals surface area contributed by atoms with Gasteiger partial charge in [-0.2, -0.15) is 0 Å². The van der Waals surface area contributed by atoms with Gasteiger partial charge in [0, 0.05) is 30.5 Å². The number of sulfonamides is 1. The van der Waals surface area contributed by atoms with Gasteiger partial charge in [-0.15, -0.1) is 0 Å². The Kier molecular flexibility index (Phi) is 7.15. The summed E-state index contributed by atoms with van der Waals surface area (Å²) in [4.78, 5) is 14.5. The van der Waals surface area contributed by atoms with Crippen LogP contribution in [0, 0.1) is 5.82 Å². The summed E-state index contributed by atoms with van der Waals surface area (Å²) in [5, 5.41) is 2.61. The lowest BCUT2D eigenvalue weighted by Gasteiger charge is -2.27. The van der Waals surface area contributed by atoms with Gasteiger partial charge in [-0.25, -0.2) is 17.5 Å². The van der Waals surface area contributed by atoms with Gasteiger partial charge in [-0.1, -0.05) is 6.92 Å². The number of carbonyl (C=O) groups is 1. The largest absolute Gasteiger partial charge is 0.369 e.